The normalized spacial score (nSPS) is 30.2. The van der Waals surface area contributed by atoms with E-state index in [1.54, 1.807) is 11.8 Å². The number of ether oxygens (including phenoxy) is 2. The molecule has 0 aromatic heterocycles. The molecule has 7 heteroatoms. The van der Waals surface area contributed by atoms with E-state index in [4.69, 9.17) is 15.2 Å². The van der Waals surface area contributed by atoms with Crippen LogP contribution in [-0.4, -0.2) is 61.9 Å². The predicted octanol–water partition coefficient (Wildman–Crippen LogP) is 0.0873. The lowest BCUT2D eigenvalue weighted by Gasteiger charge is -2.34. The fourth-order valence-electron chi connectivity index (χ4n) is 2.69. The molecule has 0 aromatic carbocycles. The van der Waals surface area contributed by atoms with Crippen molar-refractivity contribution in [3.63, 3.8) is 0 Å². The maximum absolute atomic E-state index is 12.4. The molecule has 21 heavy (non-hydrogen) atoms. The molecule has 2 amide bonds. The SMILES string of the molecule is CCOC(=O)N1CCC(NC(=O)C2(C)COCC2N)CC1. The van der Waals surface area contributed by atoms with E-state index in [9.17, 15) is 9.59 Å². The van der Waals surface area contributed by atoms with E-state index in [0.29, 0.717) is 32.9 Å². The number of carbonyl (C=O) groups excluding carboxylic acids is 2. The fourth-order valence-corrected chi connectivity index (χ4v) is 2.69. The van der Waals surface area contributed by atoms with Gasteiger partial charge in [0.15, 0.2) is 0 Å². The van der Waals surface area contributed by atoms with Crippen LogP contribution >= 0.6 is 0 Å². The zero-order valence-electron chi connectivity index (χ0n) is 12.8. The Morgan fingerprint density at radius 2 is 2.10 bits per heavy atom. The van der Waals surface area contributed by atoms with Crippen LogP contribution < -0.4 is 11.1 Å². The van der Waals surface area contributed by atoms with Crippen molar-refractivity contribution >= 4 is 12.0 Å². The van der Waals surface area contributed by atoms with Gasteiger partial charge in [0.25, 0.3) is 0 Å². The van der Waals surface area contributed by atoms with Gasteiger partial charge in [-0.1, -0.05) is 0 Å². The Balaban J connectivity index is 1.81. The largest absolute Gasteiger partial charge is 0.450 e. The highest BCUT2D eigenvalue weighted by Gasteiger charge is 2.45. The monoisotopic (exact) mass is 299 g/mol. The summed E-state index contributed by atoms with van der Waals surface area (Å²) in [5.41, 5.74) is 5.30. The van der Waals surface area contributed by atoms with E-state index in [0.717, 1.165) is 12.8 Å². The topological polar surface area (TPSA) is 93.9 Å². The second-order valence-corrected chi connectivity index (χ2v) is 5.97. The molecule has 2 atom stereocenters. The Morgan fingerprint density at radius 3 is 2.62 bits per heavy atom. The lowest BCUT2D eigenvalue weighted by molar-refractivity contribution is -0.131. The quantitative estimate of drug-likeness (QED) is 0.770. The number of hydrogen-bond acceptors (Lipinski definition) is 5. The van der Waals surface area contributed by atoms with Gasteiger partial charge in [-0.3, -0.25) is 4.79 Å². The van der Waals surface area contributed by atoms with Crippen molar-refractivity contribution in [2.45, 2.75) is 38.8 Å². The van der Waals surface area contributed by atoms with E-state index in [-0.39, 0.29) is 24.1 Å². The van der Waals surface area contributed by atoms with Gasteiger partial charge in [0, 0.05) is 25.2 Å². The number of nitrogens with two attached hydrogens (primary N) is 1. The molecule has 2 unspecified atom stereocenters. The maximum atomic E-state index is 12.4. The van der Waals surface area contributed by atoms with Crippen LogP contribution in [0.15, 0.2) is 0 Å². The van der Waals surface area contributed by atoms with Gasteiger partial charge in [0.1, 0.15) is 0 Å². The number of carbonyl (C=O) groups is 2. The fraction of sp³-hybridized carbons (Fsp3) is 0.857. The Hall–Kier alpha value is -1.34. The molecule has 0 aliphatic carbocycles. The third kappa shape index (κ3) is 3.47. The maximum Gasteiger partial charge on any atom is 0.409 e. The van der Waals surface area contributed by atoms with Gasteiger partial charge in [0.05, 0.1) is 25.2 Å². The number of hydrogen-bond donors (Lipinski definition) is 2. The van der Waals surface area contributed by atoms with Crippen LogP contribution in [0.2, 0.25) is 0 Å². The van der Waals surface area contributed by atoms with Crippen molar-refractivity contribution in [2.24, 2.45) is 11.1 Å². The summed E-state index contributed by atoms with van der Waals surface area (Å²) in [4.78, 5) is 25.7. The highest BCUT2D eigenvalue weighted by molar-refractivity contribution is 5.84. The summed E-state index contributed by atoms with van der Waals surface area (Å²) < 4.78 is 10.3. The van der Waals surface area contributed by atoms with Gasteiger partial charge in [0.2, 0.25) is 5.91 Å². The molecule has 0 spiro atoms. The summed E-state index contributed by atoms with van der Waals surface area (Å²) in [6, 6.07) is -0.190. The van der Waals surface area contributed by atoms with Crippen molar-refractivity contribution in [1.82, 2.24) is 10.2 Å². The Morgan fingerprint density at radius 1 is 1.43 bits per heavy atom. The molecule has 2 aliphatic heterocycles. The molecule has 3 N–H and O–H groups in total. The molecule has 2 heterocycles. The standard InChI is InChI=1S/C14H25N3O4/c1-3-21-13(19)17-6-4-10(5-7-17)16-12(18)14(2)9-20-8-11(14)15/h10-11H,3-9,15H2,1-2H3,(H,16,18). The molecular weight excluding hydrogens is 274 g/mol. The van der Waals surface area contributed by atoms with Gasteiger partial charge >= 0.3 is 6.09 Å². The summed E-state index contributed by atoms with van der Waals surface area (Å²) >= 11 is 0. The average Bonchev–Trinajstić information content (AvgIpc) is 2.81. The minimum atomic E-state index is -0.654. The van der Waals surface area contributed by atoms with Gasteiger partial charge in [-0.2, -0.15) is 0 Å². The highest BCUT2D eigenvalue weighted by Crippen LogP contribution is 2.27. The predicted molar refractivity (Wildman–Crippen MR) is 76.7 cm³/mol. The van der Waals surface area contributed by atoms with Crippen LogP contribution in [0, 0.1) is 5.41 Å². The number of amides is 2. The summed E-state index contributed by atoms with van der Waals surface area (Å²) in [5.74, 6) is -0.0536. The zero-order valence-corrected chi connectivity index (χ0v) is 12.8. The lowest BCUT2D eigenvalue weighted by atomic mass is 9.84. The summed E-state index contributed by atoms with van der Waals surface area (Å²) in [6.07, 6.45) is 1.19. The molecule has 2 rings (SSSR count). The van der Waals surface area contributed by atoms with E-state index >= 15 is 0 Å². The minimum Gasteiger partial charge on any atom is -0.450 e. The smallest absolute Gasteiger partial charge is 0.409 e. The lowest BCUT2D eigenvalue weighted by Crippen LogP contribution is -2.54. The van der Waals surface area contributed by atoms with Crippen molar-refractivity contribution in [2.75, 3.05) is 32.9 Å². The van der Waals surface area contributed by atoms with Gasteiger partial charge in [-0.25, -0.2) is 4.79 Å². The molecule has 7 nitrogen and oxygen atoms in total. The molecule has 0 aromatic rings. The second-order valence-electron chi connectivity index (χ2n) is 5.97. The van der Waals surface area contributed by atoms with Crippen molar-refractivity contribution in [3.8, 4) is 0 Å². The first-order valence-corrected chi connectivity index (χ1v) is 7.53. The van der Waals surface area contributed by atoms with Gasteiger partial charge in [-0.15, -0.1) is 0 Å². The van der Waals surface area contributed by atoms with Crippen molar-refractivity contribution in [3.05, 3.63) is 0 Å². The summed E-state index contributed by atoms with van der Waals surface area (Å²) in [6.45, 7) is 6.00. The van der Waals surface area contributed by atoms with E-state index < -0.39 is 5.41 Å². The molecule has 0 radical (unpaired) electrons. The number of likely N-dealkylation sites (tertiary alicyclic amines) is 1. The number of rotatable bonds is 3. The first kappa shape index (κ1) is 16.0. The third-order valence-corrected chi connectivity index (χ3v) is 4.39. The molecule has 120 valence electrons. The first-order valence-electron chi connectivity index (χ1n) is 7.53. The number of nitrogens with one attached hydrogen (secondary N) is 1. The Kier molecular flexibility index (Phi) is 5.05. The van der Waals surface area contributed by atoms with Crippen LogP contribution in [0.3, 0.4) is 0 Å². The van der Waals surface area contributed by atoms with Crippen LogP contribution in [0.5, 0.6) is 0 Å². The Labute approximate surface area is 125 Å². The molecule has 2 saturated heterocycles. The van der Waals surface area contributed by atoms with E-state index in [1.807, 2.05) is 6.92 Å². The summed E-state index contributed by atoms with van der Waals surface area (Å²) in [7, 11) is 0. The van der Waals surface area contributed by atoms with E-state index in [1.165, 1.54) is 0 Å². The third-order valence-electron chi connectivity index (χ3n) is 4.39. The molecule has 2 aliphatic rings. The summed E-state index contributed by atoms with van der Waals surface area (Å²) in [5, 5.41) is 3.05. The molecule has 0 bridgehead atoms. The number of nitrogens with zero attached hydrogens (tertiary/aromatic N) is 1. The van der Waals surface area contributed by atoms with Crippen molar-refractivity contribution < 1.29 is 19.1 Å². The highest BCUT2D eigenvalue weighted by atomic mass is 16.6. The first-order chi connectivity index (χ1) is 9.97. The minimum absolute atomic E-state index is 0.0536. The van der Waals surface area contributed by atoms with Gasteiger partial charge < -0.3 is 25.4 Å². The molecule has 0 saturated carbocycles. The van der Waals surface area contributed by atoms with E-state index in [2.05, 4.69) is 5.32 Å². The molecule has 2 fully saturated rings. The average molecular weight is 299 g/mol. The van der Waals surface area contributed by atoms with Crippen LogP contribution in [0.25, 0.3) is 0 Å². The zero-order chi connectivity index (χ0) is 15.5. The van der Waals surface area contributed by atoms with Crippen LogP contribution in [0.1, 0.15) is 26.7 Å². The second kappa shape index (κ2) is 6.62. The van der Waals surface area contributed by atoms with Crippen LogP contribution in [-0.2, 0) is 14.3 Å². The molecular formula is C14H25N3O4. The number of piperidine rings is 1. The van der Waals surface area contributed by atoms with Crippen LogP contribution in [0.4, 0.5) is 4.79 Å². The van der Waals surface area contributed by atoms with Gasteiger partial charge in [-0.05, 0) is 26.7 Å². The Bertz CT molecular complexity index is 396. The van der Waals surface area contributed by atoms with Crippen molar-refractivity contribution in [1.29, 1.82) is 0 Å².